The second-order valence-corrected chi connectivity index (χ2v) is 4.10. The van der Waals surface area contributed by atoms with Gasteiger partial charge in [-0.1, -0.05) is 6.42 Å². The molecule has 1 heterocycles. The van der Waals surface area contributed by atoms with Crippen molar-refractivity contribution in [3.05, 3.63) is 24.0 Å². The Kier molecular flexibility index (Phi) is 2.68. The van der Waals surface area contributed by atoms with Crippen LogP contribution in [0.5, 0.6) is 0 Å². The number of nitrogens with zero attached hydrogens (tertiary/aromatic N) is 1. The fraction of sp³-hybridized carbons (Fsp3) is 0.545. The molecule has 0 bridgehead atoms. The van der Waals surface area contributed by atoms with E-state index in [-0.39, 0.29) is 0 Å². The molecule has 4 N–H and O–H groups in total. The number of anilines is 1. The summed E-state index contributed by atoms with van der Waals surface area (Å²) in [6, 6.07) is 4.12. The molecule has 0 aliphatic heterocycles. The minimum atomic E-state index is 0.329. The minimum Gasteiger partial charge on any atom is -0.397 e. The SMILES string of the molecule is Nc1cccnc1C1CCCC(N)C1. The van der Waals surface area contributed by atoms with E-state index in [1.54, 1.807) is 0 Å². The quantitative estimate of drug-likeness (QED) is 0.709. The number of aromatic nitrogens is 1. The standard InChI is InChI=1S/C11H17N3/c12-9-4-1-3-8(7-9)11-10(13)5-2-6-14-11/h2,5-6,8-9H,1,3-4,7,12-13H2. The van der Waals surface area contributed by atoms with Gasteiger partial charge in [-0.3, -0.25) is 4.98 Å². The Morgan fingerprint density at radius 2 is 2.21 bits per heavy atom. The Morgan fingerprint density at radius 1 is 1.36 bits per heavy atom. The van der Waals surface area contributed by atoms with Crippen LogP contribution >= 0.6 is 0 Å². The molecule has 1 aliphatic carbocycles. The van der Waals surface area contributed by atoms with Crippen molar-refractivity contribution in [2.75, 3.05) is 5.73 Å². The maximum absolute atomic E-state index is 5.94. The van der Waals surface area contributed by atoms with Crippen molar-refractivity contribution in [1.29, 1.82) is 0 Å². The number of rotatable bonds is 1. The topological polar surface area (TPSA) is 64.9 Å². The molecule has 1 aromatic rings. The molecule has 0 aromatic carbocycles. The molecule has 0 radical (unpaired) electrons. The van der Waals surface area contributed by atoms with Crippen LogP contribution in [-0.4, -0.2) is 11.0 Å². The lowest BCUT2D eigenvalue weighted by Crippen LogP contribution is -2.27. The molecular weight excluding hydrogens is 174 g/mol. The van der Waals surface area contributed by atoms with Crippen molar-refractivity contribution in [3.63, 3.8) is 0 Å². The molecule has 0 spiro atoms. The molecule has 1 saturated carbocycles. The molecule has 2 atom stereocenters. The smallest absolute Gasteiger partial charge is 0.0663 e. The van der Waals surface area contributed by atoms with Crippen LogP contribution in [0.15, 0.2) is 18.3 Å². The third-order valence-electron chi connectivity index (χ3n) is 2.97. The van der Waals surface area contributed by atoms with Gasteiger partial charge in [0.2, 0.25) is 0 Å². The second-order valence-electron chi connectivity index (χ2n) is 4.10. The van der Waals surface area contributed by atoms with Gasteiger partial charge in [-0.25, -0.2) is 0 Å². The van der Waals surface area contributed by atoms with E-state index in [0.717, 1.165) is 24.2 Å². The lowest BCUT2D eigenvalue weighted by molar-refractivity contribution is 0.389. The van der Waals surface area contributed by atoms with Crippen LogP contribution in [0.4, 0.5) is 5.69 Å². The fourth-order valence-corrected chi connectivity index (χ4v) is 2.25. The average Bonchev–Trinajstić information content (AvgIpc) is 2.18. The lowest BCUT2D eigenvalue weighted by atomic mass is 9.83. The molecule has 1 aromatic heterocycles. The summed E-state index contributed by atoms with van der Waals surface area (Å²) < 4.78 is 0. The van der Waals surface area contributed by atoms with Crippen LogP contribution in [-0.2, 0) is 0 Å². The van der Waals surface area contributed by atoms with Gasteiger partial charge in [0.1, 0.15) is 0 Å². The predicted octanol–water partition coefficient (Wildman–Crippen LogP) is 1.65. The molecule has 0 saturated heterocycles. The zero-order valence-electron chi connectivity index (χ0n) is 8.32. The van der Waals surface area contributed by atoms with E-state index < -0.39 is 0 Å². The molecule has 0 amide bonds. The van der Waals surface area contributed by atoms with Crippen LogP contribution in [0.1, 0.15) is 37.3 Å². The van der Waals surface area contributed by atoms with Gasteiger partial charge in [0, 0.05) is 18.2 Å². The van der Waals surface area contributed by atoms with E-state index in [4.69, 9.17) is 11.5 Å². The molecule has 3 nitrogen and oxygen atoms in total. The van der Waals surface area contributed by atoms with Crippen molar-refractivity contribution < 1.29 is 0 Å². The molecule has 2 rings (SSSR count). The minimum absolute atomic E-state index is 0.329. The van der Waals surface area contributed by atoms with Crippen molar-refractivity contribution in [1.82, 2.24) is 4.98 Å². The summed E-state index contributed by atoms with van der Waals surface area (Å²) in [4.78, 5) is 4.36. The molecule has 1 fully saturated rings. The molecular formula is C11H17N3. The Labute approximate surface area is 84.5 Å². The number of pyridine rings is 1. The zero-order valence-corrected chi connectivity index (χ0v) is 8.32. The van der Waals surface area contributed by atoms with Crippen LogP contribution in [0.25, 0.3) is 0 Å². The van der Waals surface area contributed by atoms with Gasteiger partial charge in [-0.2, -0.15) is 0 Å². The first kappa shape index (κ1) is 9.46. The molecule has 3 heteroatoms. The highest BCUT2D eigenvalue weighted by molar-refractivity contribution is 5.44. The summed E-state index contributed by atoms with van der Waals surface area (Å²) in [5.41, 5.74) is 13.7. The highest BCUT2D eigenvalue weighted by Crippen LogP contribution is 2.33. The maximum atomic E-state index is 5.94. The summed E-state index contributed by atoms with van der Waals surface area (Å²) in [5.74, 6) is 0.472. The summed E-state index contributed by atoms with van der Waals surface area (Å²) in [6.07, 6.45) is 6.35. The first-order valence-electron chi connectivity index (χ1n) is 5.23. The molecule has 1 aliphatic rings. The second kappa shape index (κ2) is 3.96. The Morgan fingerprint density at radius 3 is 2.93 bits per heavy atom. The van der Waals surface area contributed by atoms with E-state index >= 15 is 0 Å². The summed E-state index contributed by atoms with van der Waals surface area (Å²) in [7, 11) is 0. The molecule has 2 unspecified atom stereocenters. The third-order valence-corrected chi connectivity index (χ3v) is 2.97. The number of hydrogen-bond donors (Lipinski definition) is 2. The first-order valence-corrected chi connectivity index (χ1v) is 5.23. The van der Waals surface area contributed by atoms with Crippen molar-refractivity contribution in [2.24, 2.45) is 5.73 Å². The molecule has 76 valence electrons. The van der Waals surface area contributed by atoms with Gasteiger partial charge in [0.05, 0.1) is 11.4 Å². The number of nitrogen functional groups attached to an aromatic ring is 1. The normalized spacial score (nSPS) is 27.5. The Hall–Kier alpha value is -1.09. The first-order chi connectivity index (χ1) is 6.77. The maximum Gasteiger partial charge on any atom is 0.0663 e. The fourth-order valence-electron chi connectivity index (χ4n) is 2.25. The van der Waals surface area contributed by atoms with E-state index in [1.807, 2.05) is 18.3 Å². The van der Waals surface area contributed by atoms with Gasteiger partial charge in [-0.15, -0.1) is 0 Å². The van der Waals surface area contributed by atoms with E-state index in [2.05, 4.69) is 4.98 Å². The Bertz CT molecular complexity index is 311. The van der Waals surface area contributed by atoms with Crippen molar-refractivity contribution in [3.8, 4) is 0 Å². The summed E-state index contributed by atoms with van der Waals surface area (Å²) in [5, 5.41) is 0. The Balaban J connectivity index is 2.18. The van der Waals surface area contributed by atoms with Gasteiger partial charge >= 0.3 is 0 Å². The highest BCUT2D eigenvalue weighted by Gasteiger charge is 2.22. The molecule has 14 heavy (non-hydrogen) atoms. The average molecular weight is 191 g/mol. The van der Waals surface area contributed by atoms with E-state index in [9.17, 15) is 0 Å². The van der Waals surface area contributed by atoms with E-state index in [1.165, 1.54) is 12.8 Å². The van der Waals surface area contributed by atoms with Crippen LogP contribution in [0.3, 0.4) is 0 Å². The van der Waals surface area contributed by atoms with Gasteiger partial charge < -0.3 is 11.5 Å². The van der Waals surface area contributed by atoms with E-state index in [0.29, 0.717) is 12.0 Å². The van der Waals surface area contributed by atoms with Crippen molar-refractivity contribution >= 4 is 5.69 Å². The van der Waals surface area contributed by atoms with Crippen LogP contribution in [0, 0.1) is 0 Å². The lowest BCUT2D eigenvalue weighted by Gasteiger charge is -2.26. The zero-order chi connectivity index (χ0) is 9.97. The monoisotopic (exact) mass is 191 g/mol. The highest BCUT2D eigenvalue weighted by atomic mass is 14.7. The third kappa shape index (κ3) is 1.87. The largest absolute Gasteiger partial charge is 0.397 e. The van der Waals surface area contributed by atoms with Gasteiger partial charge in [-0.05, 0) is 31.4 Å². The summed E-state index contributed by atoms with van der Waals surface area (Å²) >= 11 is 0. The van der Waals surface area contributed by atoms with Crippen LogP contribution in [0.2, 0.25) is 0 Å². The van der Waals surface area contributed by atoms with Crippen molar-refractivity contribution in [2.45, 2.75) is 37.6 Å². The predicted molar refractivity (Wildman–Crippen MR) is 57.8 cm³/mol. The number of hydrogen-bond acceptors (Lipinski definition) is 3. The van der Waals surface area contributed by atoms with Gasteiger partial charge in [0.15, 0.2) is 0 Å². The van der Waals surface area contributed by atoms with Crippen LogP contribution < -0.4 is 11.5 Å². The van der Waals surface area contributed by atoms with Gasteiger partial charge in [0.25, 0.3) is 0 Å². The summed E-state index contributed by atoms with van der Waals surface area (Å²) in [6.45, 7) is 0. The number of nitrogens with two attached hydrogens (primary N) is 2.